The Bertz CT molecular complexity index is 947. The van der Waals surface area contributed by atoms with Gasteiger partial charge in [0, 0.05) is 12.2 Å². The van der Waals surface area contributed by atoms with Crippen LogP contribution in [0.2, 0.25) is 0 Å². The average Bonchev–Trinajstić information content (AvgIpc) is 3.14. The van der Waals surface area contributed by atoms with Gasteiger partial charge in [0.2, 0.25) is 5.95 Å². The highest BCUT2D eigenvalue weighted by Crippen LogP contribution is 2.34. The number of aromatic nitrogens is 3. The zero-order chi connectivity index (χ0) is 17.9. The number of benzene rings is 2. The van der Waals surface area contributed by atoms with Gasteiger partial charge >= 0.3 is 0 Å². The van der Waals surface area contributed by atoms with Gasteiger partial charge in [-0.05, 0) is 18.1 Å². The molecular weight excluding hydrogens is 326 g/mol. The molecule has 0 bridgehead atoms. The second-order valence-electron chi connectivity index (χ2n) is 6.17. The van der Waals surface area contributed by atoms with Crippen molar-refractivity contribution in [2.75, 3.05) is 5.32 Å². The zero-order valence-corrected chi connectivity index (χ0v) is 14.4. The quantitative estimate of drug-likeness (QED) is 0.763. The summed E-state index contributed by atoms with van der Waals surface area (Å²) in [5.41, 5.74) is 3.47. The third kappa shape index (κ3) is 2.97. The van der Waals surface area contributed by atoms with E-state index in [1.165, 1.54) is 6.33 Å². The predicted octanol–water partition coefficient (Wildman–Crippen LogP) is 2.88. The topological polar surface area (TPSA) is 71.8 Å². The second-order valence-corrected chi connectivity index (χ2v) is 6.17. The molecule has 2 heterocycles. The maximum Gasteiger partial charge on any atom is 0.251 e. The molecule has 1 atom stereocenters. The first-order chi connectivity index (χ1) is 12.7. The lowest BCUT2D eigenvalue weighted by molar-refractivity contribution is -0.118. The Morgan fingerprint density at radius 2 is 1.81 bits per heavy atom. The molecule has 0 aliphatic carbocycles. The number of nitrogens with zero attached hydrogens (tertiary/aromatic N) is 3. The summed E-state index contributed by atoms with van der Waals surface area (Å²) in [7, 11) is 0. The summed E-state index contributed by atoms with van der Waals surface area (Å²) in [5.74, 6) is 0.518. The molecule has 0 unspecified atom stereocenters. The fourth-order valence-electron chi connectivity index (χ4n) is 3.20. The number of allylic oxidation sites excluding steroid dienone is 1. The lowest BCUT2D eigenvalue weighted by Gasteiger charge is -2.28. The van der Waals surface area contributed by atoms with Crippen LogP contribution in [-0.2, 0) is 11.3 Å². The van der Waals surface area contributed by atoms with Gasteiger partial charge in [0.05, 0.1) is 5.57 Å². The Kier molecular flexibility index (Phi) is 4.23. The highest BCUT2D eigenvalue weighted by Gasteiger charge is 2.33. The van der Waals surface area contributed by atoms with Crippen LogP contribution in [0.1, 0.15) is 24.1 Å². The molecule has 0 saturated carbocycles. The van der Waals surface area contributed by atoms with E-state index in [0.717, 1.165) is 16.8 Å². The van der Waals surface area contributed by atoms with Gasteiger partial charge in [-0.15, -0.1) is 0 Å². The minimum absolute atomic E-state index is 0.117. The van der Waals surface area contributed by atoms with E-state index in [0.29, 0.717) is 18.1 Å². The summed E-state index contributed by atoms with van der Waals surface area (Å²) in [6.45, 7) is 2.37. The van der Waals surface area contributed by atoms with Crippen LogP contribution >= 0.6 is 0 Å². The summed E-state index contributed by atoms with van der Waals surface area (Å²) in [4.78, 5) is 17.3. The summed E-state index contributed by atoms with van der Waals surface area (Å²) in [6, 6.07) is 19.4. The molecule has 1 aliphatic heterocycles. The lowest BCUT2D eigenvalue weighted by Crippen LogP contribution is -2.34. The van der Waals surface area contributed by atoms with Gasteiger partial charge in [0.1, 0.15) is 12.4 Å². The van der Waals surface area contributed by atoms with Crippen LogP contribution in [0.15, 0.2) is 78.3 Å². The van der Waals surface area contributed by atoms with E-state index in [4.69, 9.17) is 0 Å². The Morgan fingerprint density at radius 3 is 2.54 bits per heavy atom. The number of fused-ring (bicyclic) bond motifs is 1. The van der Waals surface area contributed by atoms with Crippen molar-refractivity contribution in [1.29, 1.82) is 0 Å². The monoisotopic (exact) mass is 345 g/mol. The molecule has 3 aromatic rings. The smallest absolute Gasteiger partial charge is 0.251 e. The Balaban J connectivity index is 1.67. The van der Waals surface area contributed by atoms with E-state index in [1.807, 2.05) is 67.6 Å². The van der Waals surface area contributed by atoms with Gasteiger partial charge in [-0.3, -0.25) is 4.79 Å². The summed E-state index contributed by atoms with van der Waals surface area (Å²) in [5, 5.41) is 10.5. The van der Waals surface area contributed by atoms with Crippen LogP contribution < -0.4 is 10.6 Å². The molecule has 1 aliphatic rings. The molecule has 2 aromatic carbocycles. The Hall–Kier alpha value is -3.41. The molecule has 0 fully saturated rings. The van der Waals surface area contributed by atoms with Gasteiger partial charge in [-0.25, -0.2) is 4.68 Å². The number of nitrogens with one attached hydrogen (secondary N) is 2. The second kappa shape index (κ2) is 6.84. The molecule has 6 nitrogen and oxygen atoms in total. The van der Waals surface area contributed by atoms with E-state index in [1.54, 1.807) is 4.68 Å². The summed E-state index contributed by atoms with van der Waals surface area (Å²) >= 11 is 0. The summed E-state index contributed by atoms with van der Waals surface area (Å²) < 4.78 is 1.75. The lowest BCUT2D eigenvalue weighted by atomic mass is 9.95. The Labute approximate surface area is 151 Å². The van der Waals surface area contributed by atoms with E-state index >= 15 is 0 Å². The van der Waals surface area contributed by atoms with Crippen molar-refractivity contribution >= 4 is 11.9 Å². The number of rotatable bonds is 4. The Morgan fingerprint density at radius 1 is 1.12 bits per heavy atom. The molecule has 0 spiro atoms. The number of amides is 1. The summed E-state index contributed by atoms with van der Waals surface area (Å²) in [6.07, 6.45) is 1.50. The molecule has 0 saturated heterocycles. The fourth-order valence-corrected chi connectivity index (χ4v) is 3.20. The third-order valence-electron chi connectivity index (χ3n) is 4.45. The molecule has 2 N–H and O–H groups in total. The van der Waals surface area contributed by atoms with Crippen LogP contribution in [0.3, 0.4) is 0 Å². The van der Waals surface area contributed by atoms with Crippen LogP contribution in [0.25, 0.3) is 0 Å². The first-order valence-electron chi connectivity index (χ1n) is 8.48. The van der Waals surface area contributed by atoms with Crippen molar-refractivity contribution in [3.63, 3.8) is 0 Å². The third-order valence-corrected chi connectivity index (χ3v) is 4.45. The normalized spacial score (nSPS) is 16.0. The van der Waals surface area contributed by atoms with Crippen molar-refractivity contribution in [3.8, 4) is 0 Å². The van der Waals surface area contributed by atoms with Gasteiger partial charge in [0.25, 0.3) is 5.91 Å². The van der Waals surface area contributed by atoms with E-state index < -0.39 is 0 Å². The molecule has 26 heavy (non-hydrogen) atoms. The largest absolute Gasteiger partial charge is 0.348 e. The molecule has 1 aromatic heterocycles. The minimum atomic E-state index is -0.314. The first-order valence-corrected chi connectivity index (χ1v) is 8.48. The highest BCUT2D eigenvalue weighted by molar-refractivity contribution is 5.96. The number of hydrogen-bond acceptors (Lipinski definition) is 4. The predicted molar refractivity (Wildman–Crippen MR) is 99.2 cm³/mol. The van der Waals surface area contributed by atoms with Crippen molar-refractivity contribution in [1.82, 2.24) is 20.1 Å². The SMILES string of the molecule is CC1=C(C(=O)NCc2ccccc2)[C@H](c2ccccc2)n2ncnc2N1. The molecule has 6 heteroatoms. The first kappa shape index (κ1) is 16.1. The van der Waals surface area contributed by atoms with Crippen LogP contribution in [0.4, 0.5) is 5.95 Å². The number of hydrogen-bond donors (Lipinski definition) is 2. The fraction of sp³-hybridized carbons (Fsp3) is 0.150. The molecular formula is C20H19N5O. The molecule has 1 amide bonds. The minimum Gasteiger partial charge on any atom is -0.348 e. The molecule has 0 radical (unpaired) electrons. The van der Waals surface area contributed by atoms with Crippen molar-refractivity contribution < 1.29 is 4.79 Å². The van der Waals surface area contributed by atoms with Crippen molar-refractivity contribution in [3.05, 3.63) is 89.4 Å². The molecule has 4 rings (SSSR count). The van der Waals surface area contributed by atoms with Gasteiger partial charge < -0.3 is 10.6 Å². The van der Waals surface area contributed by atoms with Gasteiger partial charge in [0.15, 0.2) is 0 Å². The van der Waals surface area contributed by atoms with Gasteiger partial charge in [-0.2, -0.15) is 10.1 Å². The number of anilines is 1. The van der Waals surface area contributed by atoms with Gasteiger partial charge in [-0.1, -0.05) is 60.7 Å². The van der Waals surface area contributed by atoms with E-state index in [2.05, 4.69) is 20.7 Å². The van der Waals surface area contributed by atoms with Crippen molar-refractivity contribution in [2.24, 2.45) is 0 Å². The maximum absolute atomic E-state index is 13.0. The zero-order valence-electron chi connectivity index (χ0n) is 14.4. The molecule has 130 valence electrons. The number of carbonyl (C=O) groups is 1. The van der Waals surface area contributed by atoms with Crippen LogP contribution in [0, 0.1) is 0 Å². The van der Waals surface area contributed by atoms with Crippen LogP contribution in [-0.4, -0.2) is 20.7 Å². The van der Waals surface area contributed by atoms with Crippen molar-refractivity contribution in [2.45, 2.75) is 19.5 Å². The van der Waals surface area contributed by atoms with Crippen LogP contribution in [0.5, 0.6) is 0 Å². The van der Waals surface area contributed by atoms with E-state index in [9.17, 15) is 4.79 Å². The highest BCUT2D eigenvalue weighted by atomic mass is 16.1. The standard InChI is InChI=1S/C20H19N5O/c1-14-17(19(26)21-12-15-8-4-2-5-9-15)18(16-10-6-3-7-11-16)25-20(24-14)22-13-23-25/h2-11,13,18H,12H2,1H3,(H,21,26)(H,22,23,24)/t18-/m0/s1. The number of carbonyl (C=O) groups excluding carboxylic acids is 1. The van der Waals surface area contributed by atoms with E-state index in [-0.39, 0.29) is 11.9 Å². The average molecular weight is 345 g/mol. The maximum atomic E-state index is 13.0.